The van der Waals surface area contributed by atoms with E-state index < -0.39 is 0 Å². The molecule has 2 unspecified atom stereocenters. The minimum Gasteiger partial charge on any atom is -0.376 e. The molecule has 0 aliphatic carbocycles. The van der Waals surface area contributed by atoms with Gasteiger partial charge in [-0.1, -0.05) is 0 Å². The number of thioether (sulfide) groups is 1. The highest BCUT2D eigenvalue weighted by Gasteiger charge is 2.18. The zero-order chi connectivity index (χ0) is 15.8. The summed E-state index contributed by atoms with van der Waals surface area (Å²) >= 11 is 2.01. The molecule has 6 nitrogen and oxygen atoms in total. The van der Waals surface area contributed by atoms with Gasteiger partial charge >= 0.3 is 0 Å². The summed E-state index contributed by atoms with van der Waals surface area (Å²) in [5.41, 5.74) is 0. The van der Waals surface area contributed by atoms with E-state index in [0.717, 1.165) is 38.5 Å². The third kappa shape index (κ3) is 7.93. The molecule has 0 spiro atoms. The Bertz CT molecular complexity index is 362. The SMILES string of the molecule is CN(C)C(=O)CN=C(NCC1CCCO1)NCC1CCCS1.I. The lowest BCUT2D eigenvalue weighted by Crippen LogP contribution is -2.43. The van der Waals surface area contributed by atoms with Crippen molar-refractivity contribution in [2.24, 2.45) is 4.99 Å². The highest BCUT2D eigenvalue weighted by Crippen LogP contribution is 2.25. The Kier molecular flexibility index (Phi) is 10.3. The van der Waals surface area contributed by atoms with E-state index in [0.29, 0.717) is 5.25 Å². The van der Waals surface area contributed by atoms with Crippen LogP contribution >= 0.6 is 35.7 Å². The fourth-order valence-corrected chi connectivity index (χ4v) is 3.70. The number of nitrogens with one attached hydrogen (secondary N) is 2. The molecule has 134 valence electrons. The second-order valence-electron chi connectivity index (χ2n) is 5.98. The first-order chi connectivity index (χ1) is 10.6. The number of carbonyl (C=O) groups excluding carboxylic acids is 1. The second-order valence-corrected chi connectivity index (χ2v) is 7.39. The van der Waals surface area contributed by atoms with Gasteiger partial charge in [0.1, 0.15) is 6.54 Å². The summed E-state index contributed by atoms with van der Waals surface area (Å²) < 4.78 is 5.62. The number of guanidine groups is 1. The molecule has 0 aromatic heterocycles. The largest absolute Gasteiger partial charge is 0.376 e. The van der Waals surface area contributed by atoms with Crippen LogP contribution in [0.3, 0.4) is 0 Å². The van der Waals surface area contributed by atoms with Crippen LogP contribution in [0.4, 0.5) is 0 Å². The summed E-state index contributed by atoms with van der Waals surface area (Å²) in [6, 6.07) is 0. The van der Waals surface area contributed by atoms with E-state index in [1.54, 1.807) is 19.0 Å². The van der Waals surface area contributed by atoms with Gasteiger partial charge in [-0.15, -0.1) is 24.0 Å². The van der Waals surface area contributed by atoms with Gasteiger partial charge in [-0.25, -0.2) is 4.99 Å². The number of ether oxygens (including phenoxy) is 1. The lowest BCUT2D eigenvalue weighted by Gasteiger charge is -2.18. The smallest absolute Gasteiger partial charge is 0.243 e. The zero-order valence-electron chi connectivity index (χ0n) is 14.0. The number of nitrogens with zero attached hydrogens (tertiary/aromatic N) is 2. The van der Waals surface area contributed by atoms with Crippen LogP contribution in [-0.2, 0) is 9.53 Å². The number of hydrogen-bond donors (Lipinski definition) is 2. The fourth-order valence-electron chi connectivity index (χ4n) is 2.49. The van der Waals surface area contributed by atoms with Crippen molar-refractivity contribution < 1.29 is 9.53 Å². The molecular formula is C15H29IN4O2S. The molecule has 2 rings (SSSR count). The number of aliphatic imine (C=N–C) groups is 1. The molecule has 0 radical (unpaired) electrons. The van der Waals surface area contributed by atoms with Crippen LogP contribution in [0.15, 0.2) is 4.99 Å². The molecule has 8 heteroatoms. The molecule has 2 aliphatic heterocycles. The predicted octanol–water partition coefficient (Wildman–Crippen LogP) is 1.30. The summed E-state index contributed by atoms with van der Waals surface area (Å²) in [7, 11) is 3.50. The maximum atomic E-state index is 11.7. The molecule has 2 heterocycles. The van der Waals surface area contributed by atoms with Gasteiger partial charge in [0.05, 0.1) is 6.10 Å². The maximum absolute atomic E-state index is 11.7. The topological polar surface area (TPSA) is 66.0 Å². The van der Waals surface area contributed by atoms with Crippen LogP contribution in [0.5, 0.6) is 0 Å². The number of carbonyl (C=O) groups is 1. The normalized spacial score (nSPS) is 24.2. The summed E-state index contributed by atoms with van der Waals surface area (Å²) in [4.78, 5) is 17.7. The highest BCUT2D eigenvalue weighted by atomic mass is 127. The third-order valence-corrected chi connectivity index (χ3v) is 5.31. The van der Waals surface area contributed by atoms with Crippen molar-refractivity contribution in [1.29, 1.82) is 0 Å². The number of amides is 1. The van der Waals surface area contributed by atoms with Crippen molar-refractivity contribution in [3.8, 4) is 0 Å². The zero-order valence-corrected chi connectivity index (χ0v) is 17.2. The van der Waals surface area contributed by atoms with E-state index >= 15 is 0 Å². The van der Waals surface area contributed by atoms with Crippen molar-refractivity contribution in [2.75, 3.05) is 46.1 Å². The lowest BCUT2D eigenvalue weighted by atomic mass is 10.2. The van der Waals surface area contributed by atoms with Gasteiger partial charge in [-0.2, -0.15) is 11.8 Å². The van der Waals surface area contributed by atoms with Crippen molar-refractivity contribution in [2.45, 2.75) is 37.0 Å². The average molecular weight is 456 g/mol. The number of likely N-dealkylation sites (N-methyl/N-ethyl adjacent to an activating group) is 1. The van der Waals surface area contributed by atoms with Crippen LogP contribution < -0.4 is 10.6 Å². The number of rotatable bonds is 6. The molecule has 1 amide bonds. The molecule has 2 N–H and O–H groups in total. The predicted molar refractivity (Wildman–Crippen MR) is 107 cm³/mol. The first-order valence-electron chi connectivity index (χ1n) is 8.10. The summed E-state index contributed by atoms with van der Waals surface area (Å²) in [5, 5.41) is 7.34. The van der Waals surface area contributed by atoms with Gasteiger partial charge in [-0.05, 0) is 31.4 Å². The van der Waals surface area contributed by atoms with E-state index in [-0.39, 0.29) is 42.5 Å². The number of halogens is 1. The van der Waals surface area contributed by atoms with E-state index in [1.165, 1.54) is 18.6 Å². The molecular weight excluding hydrogens is 427 g/mol. The Morgan fingerprint density at radius 1 is 1.26 bits per heavy atom. The van der Waals surface area contributed by atoms with Crippen molar-refractivity contribution in [3.05, 3.63) is 0 Å². The molecule has 0 bridgehead atoms. The Hall–Kier alpha value is -0.220. The van der Waals surface area contributed by atoms with E-state index in [4.69, 9.17) is 4.74 Å². The van der Waals surface area contributed by atoms with Gasteiger partial charge in [-0.3, -0.25) is 4.79 Å². The highest BCUT2D eigenvalue weighted by molar-refractivity contribution is 14.0. The molecule has 2 aliphatic rings. The van der Waals surface area contributed by atoms with Crippen molar-refractivity contribution in [1.82, 2.24) is 15.5 Å². The second kappa shape index (κ2) is 11.4. The quantitative estimate of drug-likeness (QED) is 0.359. The summed E-state index contributed by atoms with van der Waals surface area (Å²) in [5.74, 6) is 1.98. The van der Waals surface area contributed by atoms with E-state index in [2.05, 4.69) is 15.6 Å². The van der Waals surface area contributed by atoms with Gasteiger partial charge < -0.3 is 20.3 Å². The molecule has 2 atom stereocenters. The minimum absolute atomic E-state index is 0. The molecule has 2 saturated heterocycles. The molecule has 0 saturated carbocycles. The summed E-state index contributed by atoms with van der Waals surface area (Å²) in [6.45, 7) is 2.67. The van der Waals surface area contributed by atoms with Gasteiger partial charge in [0.15, 0.2) is 5.96 Å². The number of hydrogen-bond acceptors (Lipinski definition) is 4. The molecule has 2 fully saturated rings. The van der Waals surface area contributed by atoms with Crippen LogP contribution in [0.2, 0.25) is 0 Å². The van der Waals surface area contributed by atoms with Gasteiger partial charge in [0.2, 0.25) is 5.91 Å². The fraction of sp³-hybridized carbons (Fsp3) is 0.867. The van der Waals surface area contributed by atoms with E-state index in [9.17, 15) is 4.79 Å². The monoisotopic (exact) mass is 456 g/mol. The van der Waals surface area contributed by atoms with Crippen molar-refractivity contribution in [3.63, 3.8) is 0 Å². The minimum atomic E-state index is 0. The Labute approximate surface area is 160 Å². The van der Waals surface area contributed by atoms with Crippen LogP contribution in [0, 0.1) is 0 Å². The Morgan fingerprint density at radius 2 is 2.04 bits per heavy atom. The lowest BCUT2D eigenvalue weighted by molar-refractivity contribution is -0.127. The van der Waals surface area contributed by atoms with E-state index in [1.807, 2.05) is 11.8 Å². The maximum Gasteiger partial charge on any atom is 0.243 e. The Balaban J connectivity index is 0.00000264. The molecule has 23 heavy (non-hydrogen) atoms. The van der Waals surface area contributed by atoms with Crippen LogP contribution in [-0.4, -0.2) is 74.2 Å². The molecule has 0 aromatic carbocycles. The van der Waals surface area contributed by atoms with Gasteiger partial charge in [0, 0.05) is 39.0 Å². The van der Waals surface area contributed by atoms with Crippen molar-refractivity contribution >= 4 is 47.6 Å². The first-order valence-corrected chi connectivity index (χ1v) is 9.15. The standard InChI is InChI=1S/C15H28N4O2S.HI/c1-19(2)14(20)11-18-15(16-9-12-5-3-7-21-12)17-10-13-6-4-8-22-13;/h12-13H,3-11H2,1-2H3,(H2,16,17,18);1H. The average Bonchev–Trinajstić information content (AvgIpc) is 3.19. The first kappa shape index (κ1) is 20.8. The molecule has 0 aromatic rings. The van der Waals surface area contributed by atoms with Crippen LogP contribution in [0.25, 0.3) is 0 Å². The third-order valence-electron chi connectivity index (χ3n) is 3.91. The summed E-state index contributed by atoms with van der Waals surface area (Å²) in [6.07, 6.45) is 5.04. The van der Waals surface area contributed by atoms with Crippen LogP contribution in [0.1, 0.15) is 25.7 Å². The van der Waals surface area contributed by atoms with Gasteiger partial charge in [0.25, 0.3) is 0 Å². The Morgan fingerprint density at radius 3 is 2.65 bits per heavy atom.